The third-order valence-electron chi connectivity index (χ3n) is 3.89. The predicted octanol–water partition coefficient (Wildman–Crippen LogP) is 1.86. The maximum absolute atomic E-state index is 3.67. The van der Waals surface area contributed by atoms with Gasteiger partial charge in [-0.2, -0.15) is 0 Å². The molecule has 2 nitrogen and oxygen atoms in total. The van der Waals surface area contributed by atoms with Gasteiger partial charge in [0, 0.05) is 24.7 Å². The van der Waals surface area contributed by atoms with Gasteiger partial charge >= 0.3 is 0 Å². The van der Waals surface area contributed by atoms with Crippen LogP contribution in [0.15, 0.2) is 0 Å². The van der Waals surface area contributed by atoms with Crippen LogP contribution < -0.4 is 5.32 Å². The molecule has 1 N–H and O–H groups in total. The first-order chi connectivity index (χ1) is 6.66. The molecule has 0 aromatic heterocycles. The Morgan fingerprint density at radius 3 is 2.50 bits per heavy atom. The Labute approximate surface area is 88.1 Å². The van der Waals surface area contributed by atoms with Gasteiger partial charge in [0.2, 0.25) is 0 Å². The van der Waals surface area contributed by atoms with Crippen molar-refractivity contribution in [2.24, 2.45) is 5.92 Å². The van der Waals surface area contributed by atoms with Gasteiger partial charge in [-0.3, -0.25) is 4.90 Å². The minimum atomic E-state index is 0.707. The van der Waals surface area contributed by atoms with E-state index in [2.05, 4.69) is 31.1 Å². The molecule has 1 atom stereocenters. The first-order valence-corrected chi connectivity index (χ1v) is 6.12. The number of hydrogen-bond donors (Lipinski definition) is 1. The maximum atomic E-state index is 3.67. The normalized spacial score (nSPS) is 34.3. The topological polar surface area (TPSA) is 15.3 Å². The summed E-state index contributed by atoms with van der Waals surface area (Å²) in [5.41, 5.74) is 0. The van der Waals surface area contributed by atoms with Gasteiger partial charge in [-0.1, -0.05) is 6.92 Å². The Morgan fingerprint density at radius 1 is 1.36 bits per heavy atom. The molecule has 0 spiro atoms. The van der Waals surface area contributed by atoms with Crippen LogP contribution >= 0.6 is 0 Å². The Morgan fingerprint density at radius 2 is 2.00 bits per heavy atom. The van der Waals surface area contributed by atoms with Crippen molar-refractivity contribution in [3.8, 4) is 0 Å². The van der Waals surface area contributed by atoms with E-state index in [9.17, 15) is 0 Å². The highest BCUT2D eigenvalue weighted by atomic mass is 15.2. The average Bonchev–Trinajstić information content (AvgIpc) is 2.91. The van der Waals surface area contributed by atoms with Crippen LogP contribution in [0.25, 0.3) is 0 Å². The molecule has 0 aromatic carbocycles. The van der Waals surface area contributed by atoms with Crippen molar-refractivity contribution in [2.75, 3.05) is 13.6 Å². The highest BCUT2D eigenvalue weighted by Gasteiger charge is 2.30. The third kappa shape index (κ3) is 2.48. The summed E-state index contributed by atoms with van der Waals surface area (Å²) in [6.07, 6.45) is 5.61. The van der Waals surface area contributed by atoms with Crippen LogP contribution in [0.4, 0.5) is 0 Å². The van der Waals surface area contributed by atoms with Gasteiger partial charge in [0.25, 0.3) is 0 Å². The second-order valence-electron chi connectivity index (χ2n) is 5.43. The molecule has 0 bridgehead atoms. The van der Waals surface area contributed by atoms with Crippen LogP contribution in [0, 0.1) is 5.92 Å². The summed E-state index contributed by atoms with van der Waals surface area (Å²) in [4.78, 5) is 2.54. The zero-order chi connectivity index (χ0) is 10.1. The molecule has 2 fully saturated rings. The number of rotatable bonds is 5. The Balaban J connectivity index is 1.59. The van der Waals surface area contributed by atoms with Crippen molar-refractivity contribution in [1.29, 1.82) is 0 Å². The molecular weight excluding hydrogens is 172 g/mol. The van der Waals surface area contributed by atoms with Crippen LogP contribution in [-0.4, -0.2) is 36.6 Å². The van der Waals surface area contributed by atoms with Gasteiger partial charge in [0.05, 0.1) is 0 Å². The fraction of sp³-hybridized carbons (Fsp3) is 1.00. The molecule has 82 valence electrons. The monoisotopic (exact) mass is 196 g/mol. The molecule has 0 amide bonds. The smallest absolute Gasteiger partial charge is 0.0192 e. The van der Waals surface area contributed by atoms with E-state index in [0.29, 0.717) is 6.04 Å². The largest absolute Gasteiger partial charge is 0.312 e. The molecule has 2 aliphatic rings. The van der Waals surface area contributed by atoms with E-state index in [0.717, 1.165) is 18.0 Å². The van der Waals surface area contributed by atoms with E-state index in [4.69, 9.17) is 0 Å². The first kappa shape index (κ1) is 10.4. The number of likely N-dealkylation sites (N-methyl/N-ethyl adjacent to an activating group) is 1. The summed E-state index contributed by atoms with van der Waals surface area (Å²) >= 11 is 0. The summed E-state index contributed by atoms with van der Waals surface area (Å²) in [5.74, 6) is 0.962. The summed E-state index contributed by atoms with van der Waals surface area (Å²) in [5, 5.41) is 3.67. The Kier molecular flexibility index (Phi) is 3.13. The van der Waals surface area contributed by atoms with E-state index in [1.54, 1.807) is 0 Å². The average molecular weight is 196 g/mol. The second kappa shape index (κ2) is 4.19. The molecule has 2 rings (SSSR count). The quantitative estimate of drug-likeness (QED) is 0.722. The van der Waals surface area contributed by atoms with Gasteiger partial charge in [-0.15, -0.1) is 0 Å². The SMILES string of the molecule is CC1CC(NCC(C)N(C)C2CC2)C1. The molecule has 2 saturated carbocycles. The van der Waals surface area contributed by atoms with E-state index < -0.39 is 0 Å². The molecule has 2 heteroatoms. The Bertz CT molecular complexity index is 183. The molecule has 0 heterocycles. The van der Waals surface area contributed by atoms with Gasteiger partial charge < -0.3 is 5.32 Å². The second-order valence-corrected chi connectivity index (χ2v) is 5.43. The van der Waals surface area contributed by atoms with Crippen LogP contribution in [0.1, 0.15) is 39.5 Å². The van der Waals surface area contributed by atoms with Crippen molar-refractivity contribution in [3.63, 3.8) is 0 Å². The van der Waals surface area contributed by atoms with Gasteiger partial charge in [-0.25, -0.2) is 0 Å². The zero-order valence-corrected chi connectivity index (χ0v) is 9.79. The highest BCUT2D eigenvalue weighted by Crippen LogP contribution is 2.28. The van der Waals surface area contributed by atoms with E-state index >= 15 is 0 Å². The lowest BCUT2D eigenvalue weighted by molar-refractivity contribution is 0.196. The van der Waals surface area contributed by atoms with E-state index in [1.165, 1.54) is 32.2 Å². The summed E-state index contributed by atoms with van der Waals surface area (Å²) in [6, 6.07) is 2.42. The minimum Gasteiger partial charge on any atom is -0.312 e. The lowest BCUT2D eigenvalue weighted by atomic mass is 9.82. The first-order valence-electron chi connectivity index (χ1n) is 6.12. The zero-order valence-electron chi connectivity index (χ0n) is 9.79. The van der Waals surface area contributed by atoms with Crippen molar-refractivity contribution >= 4 is 0 Å². The van der Waals surface area contributed by atoms with Gasteiger partial charge in [0.15, 0.2) is 0 Å². The lowest BCUT2D eigenvalue weighted by Gasteiger charge is -2.35. The summed E-state index contributed by atoms with van der Waals surface area (Å²) in [7, 11) is 2.27. The molecule has 0 saturated heterocycles. The Hall–Kier alpha value is -0.0800. The van der Waals surface area contributed by atoms with Crippen LogP contribution in [-0.2, 0) is 0 Å². The van der Waals surface area contributed by atoms with Crippen molar-refractivity contribution in [1.82, 2.24) is 10.2 Å². The van der Waals surface area contributed by atoms with Crippen molar-refractivity contribution < 1.29 is 0 Å². The third-order valence-corrected chi connectivity index (χ3v) is 3.89. The van der Waals surface area contributed by atoms with Crippen LogP contribution in [0.3, 0.4) is 0 Å². The molecule has 0 aromatic rings. The number of nitrogens with zero attached hydrogens (tertiary/aromatic N) is 1. The molecular formula is C12H24N2. The van der Waals surface area contributed by atoms with Crippen LogP contribution in [0.2, 0.25) is 0 Å². The lowest BCUT2D eigenvalue weighted by Crippen LogP contribution is -2.46. The number of nitrogens with one attached hydrogen (secondary N) is 1. The molecule has 1 unspecified atom stereocenters. The van der Waals surface area contributed by atoms with E-state index in [-0.39, 0.29) is 0 Å². The molecule has 0 aliphatic heterocycles. The van der Waals surface area contributed by atoms with Crippen molar-refractivity contribution in [3.05, 3.63) is 0 Å². The summed E-state index contributed by atoms with van der Waals surface area (Å²) in [6.45, 7) is 5.86. The summed E-state index contributed by atoms with van der Waals surface area (Å²) < 4.78 is 0. The van der Waals surface area contributed by atoms with Crippen molar-refractivity contribution in [2.45, 2.75) is 57.7 Å². The molecule has 14 heavy (non-hydrogen) atoms. The maximum Gasteiger partial charge on any atom is 0.0192 e. The van der Waals surface area contributed by atoms with Crippen LogP contribution in [0.5, 0.6) is 0 Å². The molecule has 0 radical (unpaired) electrons. The predicted molar refractivity (Wildman–Crippen MR) is 60.4 cm³/mol. The van der Waals surface area contributed by atoms with E-state index in [1.807, 2.05) is 0 Å². The minimum absolute atomic E-state index is 0.707. The van der Waals surface area contributed by atoms with Gasteiger partial charge in [0.1, 0.15) is 0 Å². The highest BCUT2D eigenvalue weighted by molar-refractivity contribution is 4.88. The number of hydrogen-bond acceptors (Lipinski definition) is 2. The fourth-order valence-corrected chi connectivity index (χ4v) is 2.39. The molecule has 2 aliphatic carbocycles. The van der Waals surface area contributed by atoms with Gasteiger partial charge in [-0.05, 0) is 45.6 Å². The standard InChI is InChI=1S/C12H24N2/c1-9-6-11(7-9)13-8-10(2)14(3)12-4-5-12/h9-13H,4-8H2,1-3H3. The fourth-order valence-electron chi connectivity index (χ4n) is 2.39.